The quantitative estimate of drug-likeness (QED) is 0.814. The van der Waals surface area contributed by atoms with Crippen LogP contribution in [-0.2, 0) is 9.47 Å². The number of amides is 1. The minimum absolute atomic E-state index is 0.433. The fraction of sp³-hybridized carbons (Fsp3) is 0.923. The average Bonchev–Trinajstić information content (AvgIpc) is 2.48. The molecule has 0 radical (unpaired) electrons. The molecule has 2 aliphatic heterocycles. The van der Waals surface area contributed by atoms with Crippen molar-refractivity contribution in [3.8, 4) is 0 Å². The van der Waals surface area contributed by atoms with Gasteiger partial charge in [-0.25, -0.2) is 4.79 Å². The molecule has 0 aliphatic carbocycles. The Hall–Kier alpha value is -0.850. The molecule has 0 saturated carbocycles. The molecule has 1 N–H and O–H groups in total. The summed E-state index contributed by atoms with van der Waals surface area (Å²) in [6, 6.07) is 0. The highest BCUT2D eigenvalue weighted by Gasteiger charge is 2.56. The zero-order valence-electron chi connectivity index (χ0n) is 12.0. The standard InChI is InChI=1S/C13H24N2O4/c1-12(2)13(3,17)15(11(16)19-12)6-4-5-14-7-9-18-10-8-14/h17H,4-10H2,1-3H3. The molecule has 1 amide bonds. The van der Waals surface area contributed by atoms with E-state index >= 15 is 0 Å². The van der Waals surface area contributed by atoms with E-state index in [2.05, 4.69) is 4.90 Å². The molecule has 6 heteroatoms. The minimum atomic E-state index is -1.25. The summed E-state index contributed by atoms with van der Waals surface area (Å²) in [6.45, 7) is 9.92. The molecule has 0 aromatic carbocycles. The van der Waals surface area contributed by atoms with E-state index in [1.165, 1.54) is 4.90 Å². The SMILES string of the molecule is CC1(C)OC(=O)N(CCCN2CCOCC2)C1(C)O. The van der Waals surface area contributed by atoms with Crippen molar-refractivity contribution in [2.24, 2.45) is 0 Å². The van der Waals surface area contributed by atoms with Gasteiger partial charge in [0, 0.05) is 26.2 Å². The molecular weight excluding hydrogens is 248 g/mol. The van der Waals surface area contributed by atoms with Crippen molar-refractivity contribution in [1.29, 1.82) is 0 Å². The molecule has 2 aliphatic rings. The van der Waals surface area contributed by atoms with Gasteiger partial charge in [0.05, 0.1) is 13.2 Å². The lowest BCUT2D eigenvalue weighted by molar-refractivity contribution is -0.127. The third-order valence-electron chi connectivity index (χ3n) is 4.19. The molecular formula is C13H24N2O4. The summed E-state index contributed by atoms with van der Waals surface area (Å²) >= 11 is 0. The Balaban J connectivity index is 1.83. The first-order chi connectivity index (χ1) is 8.84. The lowest BCUT2D eigenvalue weighted by Gasteiger charge is -2.35. The van der Waals surface area contributed by atoms with E-state index in [4.69, 9.17) is 9.47 Å². The van der Waals surface area contributed by atoms with Gasteiger partial charge in [-0.3, -0.25) is 9.80 Å². The first-order valence-electron chi connectivity index (χ1n) is 6.88. The Morgan fingerprint density at radius 3 is 2.37 bits per heavy atom. The van der Waals surface area contributed by atoms with E-state index in [0.717, 1.165) is 39.3 Å². The smallest absolute Gasteiger partial charge is 0.412 e. The lowest BCUT2D eigenvalue weighted by Crippen LogP contribution is -2.54. The third kappa shape index (κ3) is 2.85. The molecule has 110 valence electrons. The molecule has 2 heterocycles. The van der Waals surface area contributed by atoms with Crippen LogP contribution in [0.2, 0.25) is 0 Å². The highest BCUT2D eigenvalue weighted by Crippen LogP contribution is 2.36. The largest absolute Gasteiger partial charge is 0.438 e. The van der Waals surface area contributed by atoms with Crippen LogP contribution in [0.25, 0.3) is 0 Å². The van der Waals surface area contributed by atoms with Crippen LogP contribution in [0.4, 0.5) is 4.79 Å². The second-order valence-electron chi connectivity index (χ2n) is 5.86. The van der Waals surface area contributed by atoms with E-state index in [9.17, 15) is 9.90 Å². The van der Waals surface area contributed by atoms with Gasteiger partial charge in [-0.15, -0.1) is 0 Å². The maximum Gasteiger partial charge on any atom is 0.412 e. The number of hydrogen-bond acceptors (Lipinski definition) is 5. The summed E-state index contributed by atoms with van der Waals surface area (Å²) in [4.78, 5) is 15.5. The number of morpholine rings is 1. The van der Waals surface area contributed by atoms with E-state index in [1.54, 1.807) is 20.8 Å². The lowest BCUT2D eigenvalue weighted by atomic mass is 9.96. The van der Waals surface area contributed by atoms with Crippen molar-refractivity contribution >= 4 is 6.09 Å². The topological polar surface area (TPSA) is 62.2 Å². The van der Waals surface area contributed by atoms with Crippen molar-refractivity contribution in [3.63, 3.8) is 0 Å². The highest BCUT2D eigenvalue weighted by atomic mass is 16.6. The first-order valence-corrected chi connectivity index (χ1v) is 6.88. The Bertz CT molecular complexity index is 338. The summed E-state index contributed by atoms with van der Waals surface area (Å²) in [5.74, 6) is 0. The Labute approximate surface area is 114 Å². The molecule has 2 saturated heterocycles. The maximum atomic E-state index is 11.8. The molecule has 0 aromatic rings. The van der Waals surface area contributed by atoms with Gasteiger partial charge < -0.3 is 14.6 Å². The van der Waals surface area contributed by atoms with Gasteiger partial charge in [0.1, 0.15) is 0 Å². The van der Waals surface area contributed by atoms with Crippen molar-refractivity contribution in [2.75, 3.05) is 39.4 Å². The summed E-state index contributed by atoms with van der Waals surface area (Å²) < 4.78 is 10.5. The second-order valence-corrected chi connectivity index (χ2v) is 5.86. The summed E-state index contributed by atoms with van der Waals surface area (Å²) in [7, 11) is 0. The number of hydrogen-bond donors (Lipinski definition) is 1. The predicted octanol–water partition coefficient (Wildman–Crippen LogP) is 0.648. The molecule has 0 spiro atoms. The van der Waals surface area contributed by atoms with Gasteiger partial charge in [-0.1, -0.05) is 0 Å². The Kier molecular flexibility index (Phi) is 4.03. The van der Waals surface area contributed by atoms with Crippen LogP contribution in [0, 0.1) is 0 Å². The average molecular weight is 272 g/mol. The van der Waals surface area contributed by atoms with Crippen LogP contribution in [0.15, 0.2) is 0 Å². The van der Waals surface area contributed by atoms with Crippen LogP contribution in [-0.4, -0.2) is 71.7 Å². The second kappa shape index (κ2) is 5.26. The van der Waals surface area contributed by atoms with Crippen LogP contribution in [0.3, 0.4) is 0 Å². The molecule has 2 fully saturated rings. The number of ether oxygens (including phenoxy) is 2. The van der Waals surface area contributed by atoms with Crippen molar-refractivity contribution in [3.05, 3.63) is 0 Å². The van der Waals surface area contributed by atoms with Crippen molar-refractivity contribution < 1.29 is 19.4 Å². The van der Waals surface area contributed by atoms with Crippen LogP contribution in [0.5, 0.6) is 0 Å². The third-order valence-corrected chi connectivity index (χ3v) is 4.19. The normalized spacial score (nSPS) is 31.6. The minimum Gasteiger partial charge on any atom is -0.438 e. The fourth-order valence-electron chi connectivity index (χ4n) is 2.46. The van der Waals surface area contributed by atoms with Gasteiger partial charge in [-0.05, 0) is 27.2 Å². The number of carbonyl (C=O) groups excluding carboxylic acids is 1. The van der Waals surface area contributed by atoms with Gasteiger partial charge in [0.15, 0.2) is 11.3 Å². The number of cyclic esters (lactones) is 1. The summed E-state index contributed by atoms with van der Waals surface area (Å²) in [6.07, 6.45) is 0.387. The molecule has 2 rings (SSSR count). The van der Waals surface area contributed by atoms with Gasteiger partial charge >= 0.3 is 6.09 Å². The highest BCUT2D eigenvalue weighted by molar-refractivity contribution is 5.72. The van der Waals surface area contributed by atoms with E-state index in [0.29, 0.717) is 6.54 Å². The van der Waals surface area contributed by atoms with Gasteiger partial charge in [-0.2, -0.15) is 0 Å². The summed E-state index contributed by atoms with van der Waals surface area (Å²) in [5, 5.41) is 10.4. The van der Waals surface area contributed by atoms with E-state index in [-0.39, 0.29) is 0 Å². The zero-order valence-corrected chi connectivity index (χ0v) is 12.0. The molecule has 1 atom stereocenters. The van der Waals surface area contributed by atoms with E-state index in [1.807, 2.05) is 0 Å². The van der Waals surface area contributed by atoms with Crippen molar-refractivity contribution in [1.82, 2.24) is 9.80 Å². The molecule has 19 heavy (non-hydrogen) atoms. The first kappa shape index (κ1) is 14.6. The maximum absolute atomic E-state index is 11.8. The molecule has 1 unspecified atom stereocenters. The predicted molar refractivity (Wildman–Crippen MR) is 69.8 cm³/mol. The number of nitrogens with zero attached hydrogens (tertiary/aromatic N) is 2. The van der Waals surface area contributed by atoms with Crippen LogP contribution in [0.1, 0.15) is 27.2 Å². The number of carbonyl (C=O) groups is 1. The fourth-order valence-corrected chi connectivity index (χ4v) is 2.46. The monoisotopic (exact) mass is 272 g/mol. The number of aliphatic hydroxyl groups is 1. The van der Waals surface area contributed by atoms with Gasteiger partial charge in [0.2, 0.25) is 0 Å². The van der Waals surface area contributed by atoms with Crippen LogP contribution >= 0.6 is 0 Å². The van der Waals surface area contributed by atoms with Crippen molar-refractivity contribution in [2.45, 2.75) is 38.5 Å². The van der Waals surface area contributed by atoms with Crippen LogP contribution < -0.4 is 0 Å². The molecule has 6 nitrogen and oxygen atoms in total. The molecule has 0 aromatic heterocycles. The number of rotatable bonds is 4. The van der Waals surface area contributed by atoms with E-state index < -0.39 is 17.4 Å². The Morgan fingerprint density at radius 1 is 1.21 bits per heavy atom. The van der Waals surface area contributed by atoms with Gasteiger partial charge in [0.25, 0.3) is 0 Å². The zero-order chi connectivity index (χ0) is 14.1. The summed E-state index contributed by atoms with van der Waals surface area (Å²) in [5.41, 5.74) is -2.13. The molecule has 0 bridgehead atoms. The Morgan fingerprint density at radius 2 is 1.84 bits per heavy atom.